The largest absolute Gasteiger partial charge is 0.487 e. The molecule has 0 bridgehead atoms. The number of fused-ring (bicyclic) bond motifs is 1. The molecule has 0 saturated carbocycles. The minimum absolute atomic E-state index is 0.0570. The summed E-state index contributed by atoms with van der Waals surface area (Å²) in [5, 5.41) is 3.36. The van der Waals surface area contributed by atoms with E-state index < -0.39 is 0 Å². The Labute approximate surface area is 102 Å². The Balaban J connectivity index is 1.76. The molecule has 1 fully saturated rings. The average Bonchev–Trinajstić information content (AvgIpc) is 2.76. The molecule has 2 aliphatic heterocycles. The van der Waals surface area contributed by atoms with Crippen molar-refractivity contribution in [3.63, 3.8) is 0 Å². The predicted octanol–water partition coefficient (Wildman–Crippen LogP) is 2.60. The molecular weight excluding hydrogens is 214 g/mol. The molecule has 0 unspecified atom stereocenters. The van der Waals surface area contributed by atoms with E-state index in [4.69, 9.17) is 9.47 Å². The molecule has 1 aromatic carbocycles. The van der Waals surface area contributed by atoms with Crippen molar-refractivity contribution in [2.24, 2.45) is 0 Å². The lowest BCUT2D eigenvalue weighted by molar-refractivity contribution is -0.0343. The first-order valence-electron chi connectivity index (χ1n) is 6.39. The van der Waals surface area contributed by atoms with E-state index in [-0.39, 0.29) is 5.60 Å². The Bertz CT molecular complexity index is 411. The monoisotopic (exact) mass is 233 g/mol. The standard InChI is InChI=1S/C14H19NO2/c1-14(5-8-16-9-6-14)17-12-2-3-13-11(10-12)4-7-15-13/h2-3,10,15H,4-9H2,1H3. The topological polar surface area (TPSA) is 30.5 Å². The van der Waals surface area contributed by atoms with Crippen LogP contribution in [0.15, 0.2) is 18.2 Å². The van der Waals surface area contributed by atoms with E-state index in [2.05, 4.69) is 30.4 Å². The highest BCUT2D eigenvalue weighted by Gasteiger charge is 2.29. The van der Waals surface area contributed by atoms with Crippen molar-refractivity contribution in [2.45, 2.75) is 31.8 Å². The van der Waals surface area contributed by atoms with Gasteiger partial charge in [-0.25, -0.2) is 0 Å². The summed E-state index contributed by atoms with van der Waals surface area (Å²) >= 11 is 0. The van der Waals surface area contributed by atoms with Crippen LogP contribution in [-0.4, -0.2) is 25.4 Å². The highest BCUT2D eigenvalue weighted by Crippen LogP contribution is 2.31. The predicted molar refractivity (Wildman–Crippen MR) is 67.7 cm³/mol. The van der Waals surface area contributed by atoms with E-state index in [9.17, 15) is 0 Å². The summed E-state index contributed by atoms with van der Waals surface area (Å²) in [6, 6.07) is 6.37. The second kappa shape index (κ2) is 4.22. The smallest absolute Gasteiger partial charge is 0.120 e. The van der Waals surface area contributed by atoms with Gasteiger partial charge in [-0.15, -0.1) is 0 Å². The number of nitrogens with one attached hydrogen (secondary N) is 1. The lowest BCUT2D eigenvalue weighted by atomic mass is 9.96. The molecule has 92 valence electrons. The van der Waals surface area contributed by atoms with Crippen LogP contribution >= 0.6 is 0 Å². The van der Waals surface area contributed by atoms with Crippen molar-refractivity contribution in [3.05, 3.63) is 23.8 Å². The third kappa shape index (κ3) is 2.25. The molecule has 2 aliphatic rings. The van der Waals surface area contributed by atoms with E-state index in [1.807, 2.05) is 0 Å². The van der Waals surface area contributed by atoms with E-state index in [1.54, 1.807) is 0 Å². The van der Waals surface area contributed by atoms with Gasteiger partial charge in [0, 0.05) is 25.1 Å². The molecule has 0 radical (unpaired) electrons. The quantitative estimate of drug-likeness (QED) is 0.851. The summed E-state index contributed by atoms with van der Waals surface area (Å²) in [6.45, 7) is 4.84. The summed E-state index contributed by atoms with van der Waals surface area (Å²) in [5.41, 5.74) is 2.58. The minimum Gasteiger partial charge on any atom is -0.487 e. The van der Waals surface area contributed by atoms with Crippen molar-refractivity contribution >= 4 is 5.69 Å². The van der Waals surface area contributed by atoms with Crippen molar-refractivity contribution in [2.75, 3.05) is 25.1 Å². The van der Waals surface area contributed by atoms with Gasteiger partial charge in [-0.3, -0.25) is 0 Å². The van der Waals surface area contributed by atoms with Gasteiger partial charge in [0.05, 0.1) is 13.2 Å². The zero-order valence-electron chi connectivity index (χ0n) is 10.3. The van der Waals surface area contributed by atoms with Crippen LogP contribution in [0.1, 0.15) is 25.3 Å². The van der Waals surface area contributed by atoms with Crippen LogP contribution in [0, 0.1) is 0 Å². The highest BCUT2D eigenvalue weighted by atomic mass is 16.5. The number of benzene rings is 1. The Morgan fingerprint density at radius 1 is 1.29 bits per heavy atom. The normalized spacial score (nSPS) is 21.7. The van der Waals surface area contributed by atoms with Gasteiger partial charge in [-0.1, -0.05) is 0 Å². The highest BCUT2D eigenvalue weighted by molar-refractivity contribution is 5.57. The molecule has 3 heteroatoms. The van der Waals surface area contributed by atoms with Crippen molar-refractivity contribution in [1.82, 2.24) is 0 Å². The maximum Gasteiger partial charge on any atom is 0.120 e. The first-order chi connectivity index (χ1) is 8.25. The Kier molecular flexibility index (Phi) is 2.71. The first-order valence-corrected chi connectivity index (χ1v) is 6.39. The number of ether oxygens (including phenoxy) is 2. The summed E-state index contributed by atoms with van der Waals surface area (Å²) in [6.07, 6.45) is 3.05. The zero-order chi connectivity index (χ0) is 11.7. The van der Waals surface area contributed by atoms with Gasteiger partial charge in [-0.2, -0.15) is 0 Å². The number of hydrogen-bond acceptors (Lipinski definition) is 3. The number of hydrogen-bond donors (Lipinski definition) is 1. The van der Waals surface area contributed by atoms with Crippen LogP contribution in [0.4, 0.5) is 5.69 Å². The van der Waals surface area contributed by atoms with Crippen LogP contribution in [0.25, 0.3) is 0 Å². The maximum absolute atomic E-state index is 6.16. The van der Waals surface area contributed by atoms with E-state index in [1.165, 1.54) is 11.3 Å². The van der Waals surface area contributed by atoms with E-state index >= 15 is 0 Å². The van der Waals surface area contributed by atoms with Crippen molar-refractivity contribution in [3.8, 4) is 5.75 Å². The van der Waals surface area contributed by atoms with E-state index in [0.29, 0.717) is 0 Å². The molecule has 1 saturated heterocycles. The SMILES string of the molecule is CC1(Oc2ccc3c(c2)CCN3)CCOCC1. The van der Waals surface area contributed by atoms with Gasteiger partial charge in [0.1, 0.15) is 11.4 Å². The molecule has 0 aliphatic carbocycles. The fraction of sp³-hybridized carbons (Fsp3) is 0.571. The zero-order valence-corrected chi connectivity index (χ0v) is 10.3. The van der Waals surface area contributed by atoms with Gasteiger partial charge >= 0.3 is 0 Å². The fourth-order valence-electron chi connectivity index (χ4n) is 2.53. The summed E-state index contributed by atoms with van der Waals surface area (Å²) in [7, 11) is 0. The Morgan fingerprint density at radius 2 is 2.12 bits per heavy atom. The molecule has 0 aromatic heterocycles. The summed E-state index contributed by atoms with van der Waals surface area (Å²) in [5.74, 6) is 0.997. The lowest BCUT2D eigenvalue weighted by Crippen LogP contribution is -2.38. The molecule has 3 rings (SSSR count). The molecule has 1 aromatic rings. The number of anilines is 1. The van der Waals surface area contributed by atoms with Gasteiger partial charge in [0.25, 0.3) is 0 Å². The van der Waals surface area contributed by atoms with Gasteiger partial charge < -0.3 is 14.8 Å². The first kappa shape index (κ1) is 10.9. The molecule has 0 amide bonds. The summed E-state index contributed by atoms with van der Waals surface area (Å²) in [4.78, 5) is 0. The molecule has 2 heterocycles. The molecule has 0 spiro atoms. The van der Waals surface area contributed by atoms with Crippen molar-refractivity contribution in [1.29, 1.82) is 0 Å². The van der Waals surface area contributed by atoms with Gasteiger partial charge in [0.15, 0.2) is 0 Å². The second-order valence-corrected chi connectivity index (χ2v) is 5.16. The molecule has 17 heavy (non-hydrogen) atoms. The van der Waals surface area contributed by atoms with Crippen LogP contribution in [-0.2, 0) is 11.2 Å². The number of rotatable bonds is 2. The third-order valence-corrected chi connectivity index (χ3v) is 3.70. The second-order valence-electron chi connectivity index (χ2n) is 5.16. The van der Waals surface area contributed by atoms with Gasteiger partial charge in [-0.05, 0) is 37.1 Å². The third-order valence-electron chi connectivity index (χ3n) is 3.70. The van der Waals surface area contributed by atoms with Crippen LogP contribution in [0.3, 0.4) is 0 Å². The lowest BCUT2D eigenvalue weighted by Gasteiger charge is -2.34. The van der Waals surface area contributed by atoms with Crippen LogP contribution in [0.2, 0.25) is 0 Å². The van der Waals surface area contributed by atoms with E-state index in [0.717, 1.165) is 44.8 Å². The van der Waals surface area contributed by atoms with Crippen LogP contribution in [0.5, 0.6) is 5.75 Å². The van der Waals surface area contributed by atoms with Crippen molar-refractivity contribution < 1.29 is 9.47 Å². The molecule has 1 N–H and O–H groups in total. The fourth-order valence-corrected chi connectivity index (χ4v) is 2.53. The molecular formula is C14H19NO2. The Morgan fingerprint density at radius 3 is 2.94 bits per heavy atom. The minimum atomic E-state index is -0.0570. The summed E-state index contributed by atoms with van der Waals surface area (Å²) < 4.78 is 11.5. The molecule has 3 nitrogen and oxygen atoms in total. The molecule has 0 atom stereocenters. The van der Waals surface area contributed by atoms with Crippen LogP contribution < -0.4 is 10.1 Å². The average molecular weight is 233 g/mol. The Hall–Kier alpha value is -1.22. The van der Waals surface area contributed by atoms with Gasteiger partial charge in [0.2, 0.25) is 0 Å². The maximum atomic E-state index is 6.16.